The zero-order chi connectivity index (χ0) is 20.1. The van der Waals surface area contributed by atoms with E-state index in [1.807, 2.05) is 6.07 Å². The first-order valence-corrected chi connectivity index (χ1v) is 11.7. The van der Waals surface area contributed by atoms with Crippen molar-refractivity contribution in [2.24, 2.45) is 5.92 Å². The average Bonchev–Trinajstić information content (AvgIpc) is 3.25. The SMILES string of the molecule is COc1ccccc1CN1CCC(N[C@@H]2CCN(C[C@@H]3CCCO3)C[C@@H]2C)CC1. The lowest BCUT2D eigenvalue weighted by molar-refractivity contribution is 0.0484. The third-order valence-corrected chi connectivity index (χ3v) is 7.10. The van der Waals surface area contributed by atoms with E-state index in [-0.39, 0.29) is 0 Å². The molecule has 0 radical (unpaired) electrons. The number of nitrogens with one attached hydrogen (secondary N) is 1. The van der Waals surface area contributed by atoms with Crippen molar-refractivity contribution in [3.05, 3.63) is 29.8 Å². The molecule has 3 aliphatic heterocycles. The first-order chi connectivity index (χ1) is 14.2. The quantitative estimate of drug-likeness (QED) is 0.760. The molecule has 3 atom stereocenters. The van der Waals surface area contributed by atoms with Crippen molar-refractivity contribution in [2.75, 3.05) is 46.4 Å². The van der Waals surface area contributed by atoms with Crippen molar-refractivity contribution in [3.8, 4) is 5.75 Å². The summed E-state index contributed by atoms with van der Waals surface area (Å²) < 4.78 is 11.4. The highest BCUT2D eigenvalue weighted by molar-refractivity contribution is 5.33. The maximum Gasteiger partial charge on any atom is 0.123 e. The van der Waals surface area contributed by atoms with E-state index < -0.39 is 0 Å². The summed E-state index contributed by atoms with van der Waals surface area (Å²) in [6, 6.07) is 9.75. The van der Waals surface area contributed by atoms with E-state index in [1.165, 1.54) is 63.8 Å². The predicted molar refractivity (Wildman–Crippen MR) is 117 cm³/mol. The molecular weight excluding hydrogens is 362 g/mol. The molecule has 29 heavy (non-hydrogen) atoms. The predicted octanol–water partition coefficient (Wildman–Crippen LogP) is 3.14. The minimum atomic E-state index is 0.485. The van der Waals surface area contributed by atoms with Gasteiger partial charge >= 0.3 is 0 Å². The van der Waals surface area contributed by atoms with Gasteiger partial charge in [0.05, 0.1) is 13.2 Å². The Morgan fingerprint density at radius 3 is 2.59 bits per heavy atom. The van der Waals surface area contributed by atoms with E-state index in [1.54, 1.807) is 7.11 Å². The summed E-state index contributed by atoms with van der Waals surface area (Å²) in [6.07, 6.45) is 6.75. The number of piperidine rings is 2. The summed E-state index contributed by atoms with van der Waals surface area (Å²) in [5, 5.41) is 4.02. The fourth-order valence-corrected chi connectivity index (χ4v) is 5.36. The van der Waals surface area contributed by atoms with Gasteiger partial charge in [0.15, 0.2) is 0 Å². The van der Waals surface area contributed by atoms with Gasteiger partial charge in [-0.1, -0.05) is 25.1 Å². The lowest BCUT2D eigenvalue weighted by atomic mass is 9.91. The van der Waals surface area contributed by atoms with Crippen LogP contribution in [0.4, 0.5) is 0 Å². The van der Waals surface area contributed by atoms with Crippen LogP contribution in [0.25, 0.3) is 0 Å². The second-order valence-corrected chi connectivity index (χ2v) is 9.30. The van der Waals surface area contributed by atoms with Crippen LogP contribution >= 0.6 is 0 Å². The van der Waals surface area contributed by atoms with Gasteiger partial charge in [0.25, 0.3) is 0 Å². The fourth-order valence-electron chi connectivity index (χ4n) is 5.36. The molecule has 0 bridgehead atoms. The second-order valence-electron chi connectivity index (χ2n) is 9.30. The highest BCUT2D eigenvalue weighted by Gasteiger charge is 2.30. The van der Waals surface area contributed by atoms with Crippen molar-refractivity contribution in [2.45, 2.75) is 63.8 Å². The topological polar surface area (TPSA) is 37.0 Å². The van der Waals surface area contributed by atoms with Crippen molar-refractivity contribution in [3.63, 3.8) is 0 Å². The number of ether oxygens (including phenoxy) is 2. The van der Waals surface area contributed by atoms with Gasteiger partial charge < -0.3 is 19.7 Å². The van der Waals surface area contributed by atoms with Crippen LogP contribution in [-0.4, -0.2) is 74.4 Å². The summed E-state index contributed by atoms with van der Waals surface area (Å²) in [5.74, 6) is 1.73. The van der Waals surface area contributed by atoms with Crippen LogP contribution in [0.15, 0.2) is 24.3 Å². The molecule has 5 heteroatoms. The molecule has 0 aliphatic carbocycles. The number of para-hydroxylation sites is 1. The van der Waals surface area contributed by atoms with Crippen LogP contribution in [-0.2, 0) is 11.3 Å². The third kappa shape index (κ3) is 5.72. The number of nitrogens with zero attached hydrogens (tertiary/aromatic N) is 2. The molecule has 1 aromatic carbocycles. The molecule has 3 saturated heterocycles. The van der Waals surface area contributed by atoms with E-state index in [2.05, 4.69) is 40.2 Å². The van der Waals surface area contributed by atoms with Gasteiger partial charge in [-0.15, -0.1) is 0 Å². The smallest absolute Gasteiger partial charge is 0.123 e. The van der Waals surface area contributed by atoms with Crippen molar-refractivity contribution >= 4 is 0 Å². The zero-order valence-electron chi connectivity index (χ0n) is 18.3. The van der Waals surface area contributed by atoms with Crippen LogP contribution in [0, 0.1) is 5.92 Å². The molecule has 4 rings (SSSR count). The first kappa shape index (κ1) is 21.1. The summed E-state index contributed by atoms with van der Waals surface area (Å²) in [7, 11) is 1.77. The van der Waals surface area contributed by atoms with Crippen LogP contribution < -0.4 is 10.1 Å². The Morgan fingerprint density at radius 1 is 1.07 bits per heavy atom. The minimum Gasteiger partial charge on any atom is -0.496 e. The Hall–Kier alpha value is -1.14. The van der Waals surface area contributed by atoms with Gasteiger partial charge in [0, 0.05) is 43.9 Å². The molecule has 0 aromatic heterocycles. The standard InChI is InChI=1S/C24H39N3O2/c1-19-16-27(18-22-7-5-15-29-22)14-11-23(19)25-21-9-12-26(13-10-21)17-20-6-3-4-8-24(20)28-2/h3-4,6,8,19,21-23,25H,5,7,9-18H2,1-2H3/t19-,22-,23+/m0/s1. The van der Waals surface area contributed by atoms with Crippen molar-refractivity contribution in [1.29, 1.82) is 0 Å². The maximum absolute atomic E-state index is 5.84. The van der Waals surface area contributed by atoms with Gasteiger partial charge in [0.1, 0.15) is 5.75 Å². The van der Waals surface area contributed by atoms with Crippen LogP contribution in [0.1, 0.15) is 44.6 Å². The molecule has 3 heterocycles. The summed E-state index contributed by atoms with van der Waals surface area (Å²) in [6.45, 7) is 10.3. The molecule has 3 aliphatic rings. The van der Waals surface area contributed by atoms with Gasteiger partial charge in [-0.2, -0.15) is 0 Å². The monoisotopic (exact) mass is 401 g/mol. The molecule has 0 unspecified atom stereocenters. The number of methoxy groups -OCH3 is 1. The Kier molecular flexibility index (Phi) is 7.46. The summed E-state index contributed by atoms with van der Waals surface area (Å²) in [5.41, 5.74) is 1.30. The Balaban J connectivity index is 1.19. The Morgan fingerprint density at radius 2 is 1.86 bits per heavy atom. The van der Waals surface area contributed by atoms with Crippen LogP contribution in [0.5, 0.6) is 5.75 Å². The lowest BCUT2D eigenvalue weighted by Gasteiger charge is -2.41. The van der Waals surface area contributed by atoms with Gasteiger partial charge in [-0.25, -0.2) is 0 Å². The highest BCUT2D eigenvalue weighted by Crippen LogP contribution is 2.24. The van der Waals surface area contributed by atoms with Gasteiger partial charge in [0.2, 0.25) is 0 Å². The average molecular weight is 402 g/mol. The molecule has 1 aromatic rings. The number of hydrogen-bond donors (Lipinski definition) is 1. The van der Waals surface area contributed by atoms with Crippen LogP contribution in [0.3, 0.4) is 0 Å². The first-order valence-electron chi connectivity index (χ1n) is 11.7. The third-order valence-electron chi connectivity index (χ3n) is 7.10. The number of benzene rings is 1. The summed E-state index contributed by atoms with van der Waals surface area (Å²) >= 11 is 0. The molecule has 0 spiro atoms. The van der Waals surface area contributed by atoms with Gasteiger partial charge in [-0.3, -0.25) is 4.90 Å². The van der Waals surface area contributed by atoms with E-state index in [0.29, 0.717) is 18.2 Å². The number of likely N-dealkylation sites (tertiary alicyclic amines) is 2. The summed E-state index contributed by atoms with van der Waals surface area (Å²) in [4.78, 5) is 5.21. The van der Waals surface area contributed by atoms with Crippen molar-refractivity contribution < 1.29 is 9.47 Å². The highest BCUT2D eigenvalue weighted by atomic mass is 16.5. The van der Waals surface area contributed by atoms with Crippen LogP contribution in [0.2, 0.25) is 0 Å². The Labute approximate surface area is 176 Å². The van der Waals surface area contributed by atoms with E-state index >= 15 is 0 Å². The molecule has 1 N–H and O–H groups in total. The lowest BCUT2D eigenvalue weighted by Crippen LogP contribution is -2.54. The molecule has 3 fully saturated rings. The number of rotatable bonds is 7. The maximum atomic E-state index is 5.84. The minimum absolute atomic E-state index is 0.485. The van der Waals surface area contributed by atoms with E-state index in [0.717, 1.165) is 31.4 Å². The van der Waals surface area contributed by atoms with Crippen molar-refractivity contribution in [1.82, 2.24) is 15.1 Å². The fraction of sp³-hybridized carbons (Fsp3) is 0.750. The molecule has 162 valence electrons. The Bertz CT molecular complexity index is 626. The van der Waals surface area contributed by atoms with E-state index in [9.17, 15) is 0 Å². The van der Waals surface area contributed by atoms with Gasteiger partial charge in [-0.05, 0) is 63.7 Å². The molecule has 0 amide bonds. The molecule has 0 saturated carbocycles. The largest absolute Gasteiger partial charge is 0.496 e. The second kappa shape index (κ2) is 10.3. The van der Waals surface area contributed by atoms with E-state index in [4.69, 9.17) is 9.47 Å². The molecule has 5 nitrogen and oxygen atoms in total. The molecular formula is C24H39N3O2. The normalized spacial score (nSPS) is 29.9. The zero-order valence-corrected chi connectivity index (χ0v) is 18.3. The number of hydrogen-bond acceptors (Lipinski definition) is 5.